The lowest BCUT2D eigenvalue weighted by Gasteiger charge is -2.60. The monoisotopic (exact) mass is 521 g/mol. The van der Waals surface area contributed by atoms with E-state index in [9.17, 15) is 0 Å². The van der Waals surface area contributed by atoms with E-state index in [0.29, 0.717) is 24.4 Å². The Morgan fingerprint density at radius 2 is 1.76 bits per heavy atom. The summed E-state index contributed by atoms with van der Waals surface area (Å²) >= 11 is 0. The number of hydrogen-bond acceptors (Lipinski definition) is 8. The highest BCUT2D eigenvalue weighted by molar-refractivity contribution is 6.27. The van der Waals surface area contributed by atoms with Crippen molar-refractivity contribution in [2.24, 2.45) is 23.7 Å². The highest BCUT2D eigenvalue weighted by Gasteiger charge is 2.69. The molecule has 0 aromatic heterocycles. The van der Waals surface area contributed by atoms with E-state index >= 15 is 0 Å². The van der Waals surface area contributed by atoms with Crippen LogP contribution in [0.3, 0.4) is 0 Å². The lowest BCUT2D eigenvalue weighted by Crippen LogP contribution is -2.70. The molecular weight excluding hydrogens is 482 g/mol. The van der Waals surface area contributed by atoms with E-state index in [0.717, 1.165) is 32.4 Å². The molecule has 10 nitrogen and oxygen atoms in total. The van der Waals surface area contributed by atoms with Crippen LogP contribution in [-0.4, -0.2) is 71.2 Å². The maximum Gasteiger partial charge on any atom is 0.414 e. The van der Waals surface area contributed by atoms with Gasteiger partial charge in [0.05, 0.1) is 6.61 Å². The summed E-state index contributed by atoms with van der Waals surface area (Å²) in [7, 11) is 2.13. The third-order valence-corrected chi connectivity index (χ3v) is 8.33. The molecule has 1 spiro atoms. The molecule has 10 heteroatoms. The molecule has 0 radical (unpaired) electrons. The molecule has 8 atom stereocenters. The summed E-state index contributed by atoms with van der Waals surface area (Å²) in [5.74, 6) is -2.89. The van der Waals surface area contributed by atoms with Crippen LogP contribution in [0.2, 0.25) is 0 Å². The molecule has 4 heterocycles. The van der Waals surface area contributed by atoms with Gasteiger partial charge in [-0.05, 0) is 50.6 Å². The molecule has 1 aromatic rings. The lowest BCUT2D eigenvalue weighted by atomic mass is 9.58. The van der Waals surface area contributed by atoms with Gasteiger partial charge in [0, 0.05) is 31.3 Å². The van der Waals surface area contributed by atoms with E-state index in [1.54, 1.807) is 0 Å². The maximum absolute atomic E-state index is 9.10. The summed E-state index contributed by atoms with van der Waals surface area (Å²) in [4.78, 5) is 32.6. The van der Waals surface area contributed by atoms with E-state index in [-0.39, 0.29) is 12.2 Å². The van der Waals surface area contributed by atoms with E-state index in [2.05, 4.69) is 56.1 Å². The van der Waals surface area contributed by atoms with Crippen LogP contribution in [0.1, 0.15) is 52.0 Å². The Kier molecular flexibility index (Phi) is 8.57. The third kappa shape index (κ3) is 5.84. The predicted molar refractivity (Wildman–Crippen MR) is 131 cm³/mol. The van der Waals surface area contributed by atoms with Gasteiger partial charge >= 0.3 is 11.9 Å². The lowest BCUT2D eigenvalue weighted by molar-refractivity contribution is -0.577. The van der Waals surface area contributed by atoms with Crippen molar-refractivity contribution in [2.45, 2.75) is 77.0 Å². The molecule has 1 aromatic carbocycles. The fourth-order valence-electron chi connectivity index (χ4n) is 6.36. The van der Waals surface area contributed by atoms with Gasteiger partial charge in [-0.1, -0.05) is 44.2 Å². The number of carboxylic acids is 2. The molecule has 1 saturated carbocycles. The second-order valence-corrected chi connectivity index (χ2v) is 11.0. The van der Waals surface area contributed by atoms with Gasteiger partial charge in [-0.3, -0.25) is 4.90 Å². The van der Waals surface area contributed by atoms with Crippen LogP contribution in [0.4, 0.5) is 0 Å². The number of hydrogen-bond donors (Lipinski definition) is 2. The molecule has 4 aliphatic heterocycles. The molecule has 4 saturated heterocycles. The predicted octanol–water partition coefficient (Wildman–Crippen LogP) is 3.50. The Balaban J connectivity index is 0.000000480. The van der Waals surface area contributed by atoms with E-state index in [4.69, 9.17) is 43.8 Å². The number of likely N-dealkylation sites (N-methyl/N-ethyl adjacent to an activating group) is 1. The molecule has 0 unspecified atom stereocenters. The van der Waals surface area contributed by atoms with Crippen molar-refractivity contribution in [2.75, 3.05) is 20.2 Å². The molecule has 2 N–H and O–H groups in total. The van der Waals surface area contributed by atoms with Crippen LogP contribution in [-0.2, 0) is 40.1 Å². The fraction of sp³-hybridized carbons (Fsp3) is 0.704. The van der Waals surface area contributed by atoms with Gasteiger partial charge in [-0.25, -0.2) is 19.4 Å². The van der Waals surface area contributed by atoms with Gasteiger partial charge < -0.3 is 24.4 Å². The Bertz CT molecular complexity index is 933. The highest BCUT2D eigenvalue weighted by atomic mass is 17.3. The Labute approximate surface area is 217 Å². The van der Waals surface area contributed by atoms with Crippen molar-refractivity contribution in [1.29, 1.82) is 0 Å². The highest BCUT2D eigenvalue weighted by Crippen LogP contribution is 2.60. The van der Waals surface area contributed by atoms with Gasteiger partial charge in [-0.15, -0.1) is 0 Å². The molecule has 206 valence electrons. The van der Waals surface area contributed by atoms with Crippen LogP contribution >= 0.6 is 0 Å². The van der Waals surface area contributed by atoms with E-state index in [1.165, 1.54) is 12.0 Å². The minimum atomic E-state index is -1.82. The minimum absolute atomic E-state index is 0.223. The molecule has 6 rings (SSSR count). The van der Waals surface area contributed by atoms with Crippen LogP contribution in [0.15, 0.2) is 30.3 Å². The second-order valence-electron chi connectivity index (χ2n) is 11.0. The molecule has 5 aliphatic rings. The quantitative estimate of drug-likeness (QED) is 0.425. The van der Waals surface area contributed by atoms with Crippen LogP contribution in [0.25, 0.3) is 0 Å². The Morgan fingerprint density at radius 3 is 2.43 bits per heavy atom. The SMILES string of the molecule is C[C@H]1[C@@H](OCCN(C)Cc2ccccc2)O[C@@H]2O[C@@]3(C)CC[C@H]4[C@H](C)CC[C@@H]1[C@@]24OO3.O=C(O)C(=O)O. The average Bonchev–Trinajstić information content (AvgIpc) is 3.09. The zero-order chi connectivity index (χ0) is 26.8. The van der Waals surface area contributed by atoms with Crippen molar-refractivity contribution in [1.82, 2.24) is 4.90 Å². The van der Waals surface area contributed by atoms with Crippen LogP contribution < -0.4 is 0 Å². The Hall–Kier alpha value is -2.08. The summed E-state index contributed by atoms with van der Waals surface area (Å²) in [6.07, 6.45) is 3.47. The van der Waals surface area contributed by atoms with Crippen molar-refractivity contribution in [3.05, 3.63) is 35.9 Å². The number of benzene rings is 1. The maximum atomic E-state index is 9.10. The summed E-state index contributed by atoms with van der Waals surface area (Å²) in [6, 6.07) is 10.5. The zero-order valence-electron chi connectivity index (χ0n) is 22.0. The zero-order valence-corrected chi connectivity index (χ0v) is 22.0. The number of carbonyl (C=O) groups is 2. The molecule has 1 aliphatic carbocycles. The van der Waals surface area contributed by atoms with Gasteiger partial charge in [-0.2, -0.15) is 0 Å². The normalized spacial score (nSPS) is 38.2. The van der Waals surface area contributed by atoms with Crippen molar-refractivity contribution >= 4 is 11.9 Å². The summed E-state index contributed by atoms with van der Waals surface area (Å²) in [6.45, 7) is 8.92. The van der Waals surface area contributed by atoms with Gasteiger partial charge in [0.15, 0.2) is 18.2 Å². The first-order chi connectivity index (χ1) is 17.6. The van der Waals surface area contributed by atoms with Gasteiger partial charge in [0.2, 0.25) is 5.79 Å². The van der Waals surface area contributed by atoms with Crippen LogP contribution in [0, 0.1) is 23.7 Å². The van der Waals surface area contributed by atoms with Gasteiger partial charge in [0.1, 0.15) is 0 Å². The van der Waals surface area contributed by atoms with Crippen LogP contribution in [0.5, 0.6) is 0 Å². The third-order valence-electron chi connectivity index (χ3n) is 8.33. The molecular formula is C27H39NO9. The smallest absolute Gasteiger partial charge is 0.414 e. The number of carboxylic acid groups (broad SMARTS) is 2. The first-order valence-electron chi connectivity index (χ1n) is 13.1. The van der Waals surface area contributed by atoms with Crippen molar-refractivity contribution < 1.29 is 43.8 Å². The Morgan fingerprint density at radius 1 is 1.05 bits per heavy atom. The fourth-order valence-corrected chi connectivity index (χ4v) is 6.36. The largest absolute Gasteiger partial charge is 0.473 e. The molecule has 5 fully saturated rings. The first kappa shape index (κ1) is 27.9. The molecule has 0 amide bonds. The average molecular weight is 522 g/mol. The van der Waals surface area contributed by atoms with Crippen molar-refractivity contribution in [3.63, 3.8) is 0 Å². The number of fused-ring (bicyclic) bond motifs is 2. The summed E-state index contributed by atoms with van der Waals surface area (Å²) in [5.41, 5.74) is 0.793. The summed E-state index contributed by atoms with van der Waals surface area (Å²) in [5, 5.41) is 14.8. The second kappa shape index (κ2) is 11.3. The number of rotatable bonds is 6. The van der Waals surface area contributed by atoms with Gasteiger partial charge in [0.25, 0.3) is 0 Å². The van der Waals surface area contributed by atoms with E-state index < -0.39 is 29.6 Å². The number of ether oxygens (including phenoxy) is 3. The topological polar surface area (TPSA) is 124 Å². The van der Waals surface area contributed by atoms with E-state index in [1.807, 2.05) is 6.92 Å². The standard InChI is InChI=1S/C25H37NO5.C2H2O4/c1-17-10-11-21-18(2)22(27-15-14-26(4)16-19-8-6-5-7-9-19)28-23-25(21)20(17)12-13-24(3,29-23)30-31-25;3-1(4)2(5)6/h5-9,17-18,20-23H,10-16H2,1-4H3;(H,3,4)(H,5,6)/t17-,18-,20+,21+,22+,23-,24-,25-;/m1./s1. The minimum Gasteiger partial charge on any atom is -0.473 e. The molecule has 2 bridgehead atoms. The molecule has 37 heavy (non-hydrogen) atoms. The number of aliphatic carboxylic acids is 2. The van der Waals surface area contributed by atoms with Crippen molar-refractivity contribution in [3.8, 4) is 0 Å². The summed E-state index contributed by atoms with van der Waals surface area (Å²) < 4.78 is 19.2. The number of nitrogens with zero attached hydrogens (tertiary/aromatic N) is 1. The first-order valence-corrected chi connectivity index (χ1v) is 13.1.